The van der Waals surface area contributed by atoms with Crippen LogP contribution in [0, 0.1) is 0 Å². The maximum Gasteiger partial charge on any atom is 0.230 e. The van der Waals surface area contributed by atoms with Crippen LogP contribution in [0.5, 0.6) is 0 Å². The molecule has 0 saturated carbocycles. The van der Waals surface area contributed by atoms with Crippen LogP contribution < -0.4 is 4.90 Å². The maximum absolute atomic E-state index is 4.74. The zero-order valence-electron chi connectivity index (χ0n) is 14.8. The van der Waals surface area contributed by atoms with Gasteiger partial charge in [-0.15, -0.1) is 0 Å². The van der Waals surface area contributed by atoms with Gasteiger partial charge in [-0.3, -0.25) is 0 Å². The SMILES string of the molecule is CC1Cc2ccccc2N1c1nccc(/C=C/C=C\c2ccccc2)n1. The van der Waals surface area contributed by atoms with Gasteiger partial charge in [0.25, 0.3) is 0 Å². The van der Waals surface area contributed by atoms with E-state index in [1.54, 1.807) is 0 Å². The molecule has 1 unspecified atom stereocenters. The number of hydrogen-bond donors (Lipinski definition) is 0. The van der Waals surface area contributed by atoms with E-state index in [-0.39, 0.29) is 0 Å². The van der Waals surface area contributed by atoms with Gasteiger partial charge in [-0.1, -0.05) is 66.8 Å². The molecule has 0 radical (unpaired) electrons. The normalized spacial score (nSPS) is 16.5. The van der Waals surface area contributed by atoms with Gasteiger partial charge in [-0.2, -0.15) is 0 Å². The first-order valence-corrected chi connectivity index (χ1v) is 8.91. The van der Waals surface area contributed by atoms with E-state index in [1.807, 2.05) is 48.7 Å². The maximum atomic E-state index is 4.74. The molecule has 0 spiro atoms. The molecule has 3 aromatic rings. The van der Waals surface area contributed by atoms with Crippen LogP contribution in [-0.4, -0.2) is 16.0 Å². The Kier molecular flexibility index (Phi) is 4.61. The number of anilines is 2. The predicted octanol–water partition coefficient (Wildman–Crippen LogP) is 5.29. The highest BCUT2D eigenvalue weighted by atomic mass is 15.3. The molecule has 0 fully saturated rings. The van der Waals surface area contributed by atoms with Crippen LogP contribution in [0.1, 0.15) is 23.7 Å². The molecule has 3 heteroatoms. The number of para-hydroxylation sites is 1. The fourth-order valence-corrected chi connectivity index (χ4v) is 3.33. The van der Waals surface area contributed by atoms with E-state index < -0.39 is 0 Å². The summed E-state index contributed by atoms with van der Waals surface area (Å²) in [6.07, 6.45) is 11.0. The third-order valence-electron chi connectivity index (χ3n) is 4.55. The highest BCUT2D eigenvalue weighted by Gasteiger charge is 2.28. The van der Waals surface area contributed by atoms with Crippen LogP contribution in [0.2, 0.25) is 0 Å². The average molecular weight is 339 g/mol. The first-order chi connectivity index (χ1) is 12.8. The number of benzene rings is 2. The van der Waals surface area contributed by atoms with E-state index in [0.29, 0.717) is 6.04 Å². The molecule has 128 valence electrons. The van der Waals surface area contributed by atoms with Crippen LogP contribution in [0.15, 0.2) is 79.0 Å². The van der Waals surface area contributed by atoms with Crippen molar-refractivity contribution in [1.29, 1.82) is 0 Å². The minimum absolute atomic E-state index is 0.365. The molecule has 1 aromatic heterocycles. The van der Waals surface area contributed by atoms with Crippen molar-refractivity contribution >= 4 is 23.8 Å². The van der Waals surface area contributed by atoms with E-state index in [2.05, 4.69) is 59.3 Å². The topological polar surface area (TPSA) is 29.0 Å². The molecular formula is C23H21N3. The van der Waals surface area contributed by atoms with E-state index in [4.69, 9.17) is 4.98 Å². The molecule has 2 heterocycles. The third kappa shape index (κ3) is 3.42. The molecule has 26 heavy (non-hydrogen) atoms. The highest BCUT2D eigenvalue weighted by molar-refractivity contribution is 5.67. The van der Waals surface area contributed by atoms with Crippen LogP contribution in [0.25, 0.3) is 12.2 Å². The summed E-state index contributed by atoms with van der Waals surface area (Å²) in [6.45, 7) is 2.22. The van der Waals surface area contributed by atoms with Crippen molar-refractivity contribution in [2.45, 2.75) is 19.4 Å². The van der Waals surface area contributed by atoms with Gasteiger partial charge in [0.15, 0.2) is 0 Å². The summed E-state index contributed by atoms with van der Waals surface area (Å²) < 4.78 is 0. The Balaban J connectivity index is 1.54. The average Bonchev–Trinajstić information content (AvgIpc) is 3.02. The van der Waals surface area contributed by atoms with Gasteiger partial charge in [-0.25, -0.2) is 9.97 Å². The minimum Gasteiger partial charge on any atom is -0.307 e. The summed E-state index contributed by atoms with van der Waals surface area (Å²) in [7, 11) is 0. The van der Waals surface area contributed by atoms with Crippen molar-refractivity contribution in [3.8, 4) is 0 Å². The summed E-state index contributed by atoms with van der Waals surface area (Å²) in [5, 5.41) is 0. The fourth-order valence-electron chi connectivity index (χ4n) is 3.33. The predicted molar refractivity (Wildman–Crippen MR) is 108 cm³/mol. The second kappa shape index (κ2) is 7.36. The van der Waals surface area contributed by atoms with Crippen molar-refractivity contribution in [1.82, 2.24) is 9.97 Å². The minimum atomic E-state index is 0.365. The van der Waals surface area contributed by atoms with E-state index in [9.17, 15) is 0 Å². The first kappa shape index (κ1) is 16.3. The molecule has 1 aliphatic rings. The number of allylic oxidation sites excluding steroid dienone is 2. The Morgan fingerprint density at radius 2 is 1.69 bits per heavy atom. The van der Waals surface area contributed by atoms with Crippen molar-refractivity contribution in [3.63, 3.8) is 0 Å². The van der Waals surface area contributed by atoms with Crippen molar-refractivity contribution in [2.75, 3.05) is 4.90 Å². The van der Waals surface area contributed by atoms with Gasteiger partial charge in [0.05, 0.1) is 5.69 Å². The van der Waals surface area contributed by atoms with Gasteiger partial charge in [0.1, 0.15) is 0 Å². The standard InChI is InChI=1S/C23H21N3/c1-18-17-20-12-6-8-14-22(20)26(18)23-24-16-15-21(25-23)13-7-5-11-19-9-3-2-4-10-19/h2-16,18H,17H2,1H3/b11-5-,13-7+. The Labute approximate surface area is 154 Å². The van der Waals surface area contributed by atoms with Gasteiger partial charge in [-0.05, 0) is 42.7 Å². The number of aromatic nitrogens is 2. The lowest BCUT2D eigenvalue weighted by molar-refractivity contribution is 0.739. The Hall–Kier alpha value is -3.20. The van der Waals surface area contributed by atoms with E-state index in [1.165, 1.54) is 16.8 Å². The molecule has 3 nitrogen and oxygen atoms in total. The molecule has 0 N–H and O–H groups in total. The molecule has 1 aliphatic heterocycles. The molecule has 1 atom stereocenters. The van der Waals surface area contributed by atoms with Gasteiger partial charge in [0.2, 0.25) is 5.95 Å². The number of fused-ring (bicyclic) bond motifs is 1. The van der Waals surface area contributed by atoms with Gasteiger partial charge in [0, 0.05) is 17.9 Å². The van der Waals surface area contributed by atoms with Crippen LogP contribution in [0.4, 0.5) is 11.6 Å². The van der Waals surface area contributed by atoms with Crippen LogP contribution >= 0.6 is 0 Å². The molecule has 4 rings (SSSR count). The quantitative estimate of drug-likeness (QED) is 0.605. The van der Waals surface area contributed by atoms with Gasteiger partial charge < -0.3 is 4.90 Å². The third-order valence-corrected chi connectivity index (χ3v) is 4.55. The van der Waals surface area contributed by atoms with Crippen molar-refractivity contribution in [3.05, 3.63) is 95.8 Å². The second-order valence-corrected chi connectivity index (χ2v) is 6.46. The van der Waals surface area contributed by atoms with E-state index >= 15 is 0 Å². The summed E-state index contributed by atoms with van der Waals surface area (Å²) in [6, 6.07) is 21.1. The summed E-state index contributed by atoms with van der Waals surface area (Å²) in [5.41, 5.74) is 4.66. The second-order valence-electron chi connectivity index (χ2n) is 6.46. The monoisotopic (exact) mass is 339 g/mol. The smallest absolute Gasteiger partial charge is 0.230 e. The number of nitrogens with zero attached hydrogens (tertiary/aromatic N) is 3. The number of rotatable bonds is 4. The molecular weight excluding hydrogens is 318 g/mol. The van der Waals surface area contributed by atoms with Crippen LogP contribution in [-0.2, 0) is 6.42 Å². The Morgan fingerprint density at radius 1 is 0.923 bits per heavy atom. The molecule has 0 amide bonds. The zero-order valence-corrected chi connectivity index (χ0v) is 14.8. The van der Waals surface area contributed by atoms with Crippen molar-refractivity contribution in [2.24, 2.45) is 0 Å². The highest BCUT2D eigenvalue weighted by Crippen LogP contribution is 2.36. The van der Waals surface area contributed by atoms with Crippen LogP contribution in [0.3, 0.4) is 0 Å². The number of hydrogen-bond acceptors (Lipinski definition) is 3. The molecule has 0 aliphatic carbocycles. The lowest BCUT2D eigenvalue weighted by Crippen LogP contribution is -2.25. The Bertz CT molecular complexity index is 944. The summed E-state index contributed by atoms with van der Waals surface area (Å²) in [5.74, 6) is 0.761. The summed E-state index contributed by atoms with van der Waals surface area (Å²) in [4.78, 5) is 11.5. The molecule has 0 bridgehead atoms. The molecule has 0 saturated heterocycles. The molecule has 2 aromatic carbocycles. The zero-order chi connectivity index (χ0) is 17.8. The van der Waals surface area contributed by atoms with Crippen molar-refractivity contribution < 1.29 is 0 Å². The lowest BCUT2D eigenvalue weighted by atomic mass is 10.1. The summed E-state index contributed by atoms with van der Waals surface area (Å²) >= 11 is 0. The lowest BCUT2D eigenvalue weighted by Gasteiger charge is -2.22. The largest absolute Gasteiger partial charge is 0.307 e. The Morgan fingerprint density at radius 3 is 2.58 bits per heavy atom. The van der Waals surface area contributed by atoms with Gasteiger partial charge >= 0.3 is 0 Å². The fraction of sp³-hybridized carbons (Fsp3) is 0.130. The first-order valence-electron chi connectivity index (χ1n) is 8.91. The van der Waals surface area contributed by atoms with E-state index in [0.717, 1.165) is 18.1 Å².